The summed E-state index contributed by atoms with van der Waals surface area (Å²) in [6, 6.07) is 27.4. The number of rotatable bonds is 10. The molecule has 0 aromatic heterocycles. The summed E-state index contributed by atoms with van der Waals surface area (Å²) in [5.41, 5.74) is 5.73. The molecule has 1 heterocycles. The van der Waals surface area contributed by atoms with Crippen molar-refractivity contribution < 1.29 is 33.2 Å². The third-order valence-corrected chi connectivity index (χ3v) is 7.47. The van der Waals surface area contributed by atoms with Crippen LogP contribution in [0.15, 0.2) is 90.5 Å². The number of carbonyl (C=O) groups excluding carboxylic acids is 1. The van der Waals surface area contributed by atoms with Crippen molar-refractivity contribution in [3.63, 3.8) is 0 Å². The van der Waals surface area contributed by atoms with Crippen LogP contribution < -0.4 is 23.7 Å². The standard InChI is InChI=1S/C35H32O7/c1-4-16-39-25-12-13-26-28(18-25)33(27-14-11-24(37-2)19-30(27)40-20-22-8-6-5-7-9-22)34(35(36)38-3)32(26)23-10-15-29-31(17-23)42-21-41-29/h5-15,17-19,32H,4,16,20-21H2,1-3H3/t32-/m0/s1. The Morgan fingerprint density at radius 1 is 0.833 bits per heavy atom. The quantitative estimate of drug-likeness (QED) is 0.194. The van der Waals surface area contributed by atoms with Gasteiger partial charge in [0.2, 0.25) is 6.79 Å². The van der Waals surface area contributed by atoms with Crippen LogP contribution >= 0.6 is 0 Å². The van der Waals surface area contributed by atoms with Gasteiger partial charge in [0.1, 0.15) is 23.9 Å². The molecule has 7 heteroatoms. The Bertz CT molecular complexity index is 1640. The first-order valence-electron chi connectivity index (χ1n) is 14.0. The number of fused-ring (bicyclic) bond motifs is 2. The minimum atomic E-state index is -0.426. The molecular formula is C35H32O7. The molecule has 6 rings (SSSR count). The Balaban J connectivity index is 1.56. The Morgan fingerprint density at radius 3 is 2.43 bits per heavy atom. The molecule has 4 aromatic rings. The number of hydrogen-bond donors (Lipinski definition) is 0. The molecular weight excluding hydrogens is 532 g/mol. The molecule has 0 N–H and O–H groups in total. The molecule has 0 saturated heterocycles. The van der Waals surface area contributed by atoms with Gasteiger partial charge in [0.25, 0.3) is 0 Å². The largest absolute Gasteiger partial charge is 0.497 e. The molecule has 0 spiro atoms. The van der Waals surface area contributed by atoms with Gasteiger partial charge in [-0.1, -0.05) is 49.4 Å². The van der Waals surface area contributed by atoms with Gasteiger partial charge in [-0.25, -0.2) is 4.79 Å². The summed E-state index contributed by atoms with van der Waals surface area (Å²) in [6.07, 6.45) is 0.878. The summed E-state index contributed by atoms with van der Waals surface area (Å²) in [7, 11) is 3.02. The highest BCUT2D eigenvalue weighted by molar-refractivity contribution is 6.08. The van der Waals surface area contributed by atoms with Crippen molar-refractivity contribution in [1.29, 1.82) is 0 Å². The van der Waals surface area contributed by atoms with Crippen LogP contribution in [0.5, 0.6) is 28.7 Å². The maximum Gasteiger partial charge on any atom is 0.335 e. The smallest absolute Gasteiger partial charge is 0.335 e. The van der Waals surface area contributed by atoms with Crippen molar-refractivity contribution in [1.82, 2.24) is 0 Å². The minimum Gasteiger partial charge on any atom is -0.497 e. The van der Waals surface area contributed by atoms with Crippen LogP contribution in [0.4, 0.5) is 0 Å². The fourth-order valence-corrected chi connectivity index (χ4v) is 5.51. The summed E-state index contributed by atoms with van der Waals surface area (Å²) in [5.74, 6) is 2.44. The maximum absolute atomic E-state index is 13.7. The van der Waals surface area contributed by atoms with Crippen molar-refractivity contribution >= 4 is 11.5 Å². The number of benzene rings is 4. The second-order valence-corrected chi connectivity index (χ2v) is 10.1. The number of carbonyl (C=O) groups is 1. The fraction of sp³-hybridized carbons (Fsp3) is 0.229. The molecule has 7 nitrogen and oxygen atoms in total. The van der Waals surface area contributed by atoms with Gasteiger partial charge in [-0.3, -0.25) is 0 Å². The summed E-state index contributed by atoms with van der Waals surface area (Å²) in [5, 5.41) is 0. The van der Waals surface area contributed by atoms with Gasteiger partial charge in [-0.15, -0.1) is 0 Å². The van der Waals surface area contributed by atoms with E-state index in [0.29, 0.717) is 41.8 Å². The summed E-state index contributed by atoms with van der Waals surface area (Å²) >= 11 is 0. The normalized spacial score (nSPS) is 14.9. The van der Waals surface area contributed by atoms with Crippen LogP contribution in [0.25, 0.3) is 5.57 Å². The van der Waals surface area contributed by atoms with Gasteiger partial charge >= 0.3 is 5.97 Å². The van der Waals surface area contributed by atoms with Crippen LogP contribution in [0.3, 0.4) is 0 Å². The lowest BCUT2D eigenvalue weighted by atomic mass is 9.87. The van der Waals surface area contributed by atoms with Crippen LogP contribution in [-0.2, 0) is 16.1 Å². The first-order valence-corrected chi connectivity index (χ1v) is 14.0. The van der Waals surface area contributed by atoms with Crippen LogP contribution in [0.1, 0.15) is 47.1 Å². The second kappa shape index (κ2) is 11.9. The Labute approximate surface area is 245 Å². The van der Waals surface area contributed by atoms with Crippen LogP contribution in [0, 0.1) is 0 Å². The van der Waals surface area contributed by atoms with Gasteiger partial charge < -0.3 is 28.4 Å². The van der Waals surface area contributed by atoms with Crippen molar-refractivity contribution in [2.24, 2.45) is 0 Å². The highest BCUT2D eigenvalue weighted by atomic mass is 16.7. The highest BCUT2D eigenvalue weighted by Gasteiger charge is 2.39. The second-order valence-electron chi connectivity index (χ2n) is 10.1. The van der Waals surface area contributed by atoms with Crippen molar-refractivity contribution in [2.45, 2.75) is 25.9 Å². The molecule has 0 bridgehead atoms. The third-order valence-electron chi connectivity index (χ3n) is 7.47. The predicted octanol–water partition coefficient (Wildman–Crippen LogP) is 6.91. The molecule has 0 amide bonds. The molecule has 0 radical (unpaired) electrons. The van der Waals surface area contributed by atoms with Crippen molar-refractivity contribution in [2.75, 3.05) is 27.6 Å². The molecule has 1 aliphatic carbocycles. The maximum atomic E-state index is 13.7. The van der Waals surface area contributed by atoms with E-state index in [1.807, 2.05) is 84.9 Å². The number of ether oxygens (including phenoxy) is 6. The molecule has 0 unspecified atom stereocenters. The third kappa shape index (κ3) is 5.14. The lowest BCUT2D eigenvalue weighted by Crippen LogP contribution is -2.13. The number of hydrogen-bond acceptors (Lipinski definition) is 7. The number of esters is 1. The summed E-state index contributed by atoms with van der Waals surface area (Å²) in [4.78, 5) is 13.7. The molecule has 2 aliphatic rings. The highest BCUT2D eigenvalue weighted by Crippen LogP contribution is 2.52. The average molecular weight is 565 g/mol. The zero-order chi connectivity index (χ0) is 29.1. The lowest BCUT2D eigenvalue weighted by molar-refractivity contribution is -0.136. The SMILES string of the molecule is CCCOc1ccc2c(c1)C(c1ccc(OC)cc1OCc1ccccc1)=C(C(=O)OC)[C@H]2c1ccc2c(c1)OCO2. The first kappa shape index (κ1) is 27.3. The Hall–Kier alpha value is -4.91. The Morgan fingerprint density at radius 2 is 1.64 bits per heavy atom. The van der Waals surface area contributed by atoms with Gasteiger partial charge in [0.05, 0.1) is 26.4 Å². The van der Waals surface area contributed by atoms with E-state index in [2.05, 4.69) is 6.92 Å². The van der Waals surface area contributed by atoms with E-state index in [-0.39, 0.29) is 6.79 Å². The summed E-state index contributed by atoms with van der Waals surface area (Å²) < 4.78 is 34.7. The molecule has 1 atom stereocenters. The van der Waals surface area contributed by atoms with Gasteiger partial charge in [-0.2, -0.15) is 0 Å². The topological polar surface area (TPSA) is 72.5 Å². The molecule has 4 aromatic carbocycles. The van der Waals surface area contributed by atoms with E-state index < -0.39 is 11.9 Å². The molecule has 0 saturated carbocycles. The van der Waals surface area contributed by atoms with Gasteiger partial charge in [-0.05, 0) is 65.1 Å². The fourth-order valence-electron chi connectivity index (χ4n) is 5.51. The molecule has 1 aliphatic heterocycles. The van der Waals surface area contributed by atoms with Crippen LogP contribution in [0.2, 0.25) is 0 Å². The van der Waals surface area contributed by atoms with Crippen LogP contribution in [-0.4, -0.2) is 33.6 Å². The zero-order valence-corrected chi connectivity index (χ0v) is 23.8. The van der Waals surface area contributed by atoms with Gasteiger partial charge in [0, 0.05) is 23.1 Å². The zero-order valence-electron chi connectivity index (χ0n) is 23.8. The molecule has 42 heavy (non-hydrogen) atoms. The van der Waals surface area contributed by atoms with Crippen molar-refractivity contribution in [3.05, 3.63) is 118 Å². The molecule has 214 valence electrons. The average Bonchev–Trinajstić information content (AvgIpc) is 3.64. The minimum absolute atomic E-state index is 0.164. The van der Waals surface area contributed by atoms with E-state index in [1.54, 1.807) is 7.11 Å². The number of methoxy groups -OCH3 is 2. The van der Waals surface area contributed by atoms with Gasteiger partial charge in [0.15, 0.2) is 11.5 Å². The lowest BCUT2D eigenvalue weighted by Gasteiger charge is -2.18. The predicted molar refractivity (Wildman–Crippen MR) is 158 cm³/mol. The van der Waals surface area contributed by atoms with Crippen molar-refractivity contribution in [3.8, 4) is 28.7 Å². The van der Waals surface area contributed by atoms with E-state index in [4.69, 9.17) is 28.4 Å². The van der Waals surface area contributed by atoms with E-state index in [1.165, 1.54) is 7.11 Å². The summed E-state index contributed by atoms with van der Waals surface area (Å²) in [6.45, 7) is 3.16. The van der Waals surface area contributed by atoms with E-state index in [9.17, 15) is 4.79 Å². The van der Waals surface area contributed by atoms with E-state index >= 15 is 0 Å². The van der Waals surface area contributed by atoms with E-state index in [0.717, 1.165) is 45.6 Å². The first-order chi connectivity index (χ1) is 20.6. The monoisotopic (exact) mass is 564 g/mol. The Kier molecular flexibility index (Phi) is 7.73. The molecule has 0 fully saturated rings.